The van der Waals surface area contributed by atoms with Crippen LogP contribution in [0.3, 0.4) is 0 Å². The number of phosphoric ester groups is 2. The Labute approximate surface area is 586 Å². The predicted molar refractivity (Wildman–Crippen MR) is 391 cm³/mol. The van der Waals surface area contributed by atoms with Crippen LogP contribution in [-0.4, -0.2) is 96.7 Å². The molecule has 0 heterocycles. The molecule has 3 N–H and O–H groups in total. The molecule has 566 valence electrons. The number of unbranched alkanes of at least 4 members (excludes halogenated alkanes) is 39. The van der Waals surface area contributed by atoms with E-state index in [2.05, 4.69) is 65.8 Å². The molecule has 17 nitrogen and oxygen atoms in total. The van der Waals surface area contributed by atoms with Gasteiger partial charge in [-0.15, -0.1) is 0 Å². The molecule has 0 aromatic heterocycles. The molecule has 19 heteroatoms. The lowest BCUT2D eigenvalue weighted by Crippen LogP contribution is -2.30. The zero-order valence-corrected chi connectivity index (χ0v) is 63.9. The lowest BCUT2D eigenvalue weighted by Gasteiger charge is -2.21. The molecule has 0 radical (unpaired) electrons. The Morgan fingerprint density at radius 1 is 0.333 bits per heavy atom. The highest BCUT2D eigenvalue weighted by molar-refractivity contribution is 7.47. The van der Waals surface area contributed by atoms with Crippen molar-refractivity contribution in [2.24, 2.45) is 11.8 Å². The van der Waals surface area contributed by atoms with Crippen molar-refractivity contribution in [3.8, 4) is 0 Å². The fraction of sp³-hybridized carbons (Fsp3) is 0.896. The number of rotatable bonds is 74. The van der Waals surface area contributed by atoms with Gasteiger partial charge in [-0.2, -0.15) is 0 Å². The summed E-state index contributed by atoms with van der Waals surface area (Å²) in [5.41, 5.74) is 0. The second-order valence-electron chi connectivity index (χ2n) is 27.5. The Kier molecular flexibility index (Phi) is 66.6. The van der Waals surface area contributed by atoms with Gasteiger partial charge in [0.1, 0.15) is 19.3 Å². The Morgan fingerprint density at radius 3 is 0.885 bits per heavy atom. The smallest absolute Gasteiger partial charge is 0.462 e. The molecule has 0 spiro atoms. The van der Waals surface area contributed by atoms with Crippen LogP contribution in [0.5, 0.6) is 0 Å². The van der Waals surface area contributed by atoms with Crippen molar-refractivity contribution >= 4 is 39.5 Å². The highest BCUT2D eigenvalue weighted by Crippen LogP contribution is 2.45. The van der Waals surface area contributed by atoms with E-state index in [1.165, 1.54) is 167 Å². The monoisotopic (exact) mass is 1410 g/mol. The largest absolute Gasteiger partial charge is 0.472 e. The molecule has 0 rings (SSSR count). The molecule has 0 fully saturated rings. The van der Waals surface area contributed by atoms with Crippen LogP contribution in [0.25, 0.3) is 0 Å². The molecular weight excluding hydrogens is 1260 g/mol. The van der Waals surface area contributed by atoms with Crippen molar-refractivity contribution in [1.29, 1.82) is 0 Å². The summed E-state index contributed by atoms with van der Waals surface area (Å²) >= 11 is 0. The summed E-state index contributed by atoms with van der Waals surface area (Å²) in [6.07, 6.45) is 59.4. The number of ether oxygens (including phenoxy) is 4. The maximum atomic E-state index is 13.1. The minimum absolute atomic E-state index is 0.0999. The number of allylic oxidation sites excluding steroid dienone is 4. The molecule has 0 aromatic rings. The van der Waals surface area contributed by atoms with Crippen molar-refractivity contribution in [2.45, 2.75) is 394 Å². The third-order valence-electron chi connectivity index (χ3n) is 18.1. The number of aliphatic hydroxyl groups is 1. The van der Waals surface area contributed by atoms with E-state index >= 15 is 0 Å². The van der Waals surface area contributed by atoms with E-state index in [-0.39, 0.29) is 25.7 Å². The predicted octanol–water partition coefficient (Wildman–Crippen LogP) is 22.3. The molecule has 0 aromatic carbocycles. The number of phosphoric acid groups is 2. The first-order chi connectivity index (χ1) is 46.4. The van der Waals surface area contributed by atoms with Crippen molar-refractivity contribution in [3.05, 3.63) is 24.3 Å². The SMILES string of the molecule is CCCCCC/C=C\C=C/CCCCCCCC(=O)OC[C@H](COP(=O)(O)OC[C@@H](O)COP(=O)(O)OC[C@@H](COC(=O)CCCCCCCCC(C)CC)OC(=O)CCCCCCCCC(C)CC)OC(=O)CCCCCCCCCCCCCCCCCCCCCCC. The van der Waals surface area contributed by atoms with E-state index in [1.54, 1.807) is 0 Å². The van der Waals surface area contributed by atoms with Gasteiger partial charge in [0, 0.05) is 25.7 Å². The summed E-state index contributed by atoms with van der Waals surface area (Å²) in [7, 11) is -9.92. The van der Waals surface area contributed by atoms with Crippen molar-refractivity contribution < 1.29 is 80.2 Å². The number of aliphatic hydroxyl groups excluding tert-OH is 1. The number of carbonyl (C=O) groups excluding carboxylic acids is 4. The van der Waals surface area contributed by atoms with E-state index in [0.717, 1.165) is 127 Å². The van der Waals surface area contributed by atoms with Crippen LogP contribution in [0.2, 0.25) is 0 Å². The first-order valence-electron chi connectivity index (χ1n) is 39.4. The van der Waals surface area contributed by atoms with E-state index < -0.39 is 97.5 Å². The van der Waals surface area contributed by atoms with Gasteiger partial charge in [0.2, 0.25) is 0 Å². The van der Waals surface area contributed by atoms with Crippen LogP contribution >= 0.6 is 15.6 Å². The Bertz CT molecular complexity index is 1950. The first-order valence-corrected chi connectivity index (χ1v) is 42.4. The standard InChI is InChI=1S/C77H146O17P2/c1-7-11-13-15-17-19-21-23-25-26-27-28-29-30-32-34-36-38-40-49-55-61-76(81)93-72(65-87-74(79)59-53-47-39-37-35-33-31-24-22-20-18-16-14-12-8-2)67-91-95(83,84)89-63-71(78)64-90-96(85,86)92-68-73(94-77(82)62-56-50-44-42-46-52-58-70(6)10-4)66-88-75(80)60-54-48-43-41-45-51-57-69(5)9-3/h20,22,24,31,69-73,78H,7-19,21,23,25-30,32-68H2,1-6H3,(H,83,84)(H,85,86)/b22-20-,31-24-/t69?,70?,71-,72-,73-/m1/s1. The van der Waals surface area contributed by atoms with Gasteiger partial charge in [-0.25, -0.2) is 9.13 Å². The van der Waals surface area contributed by atoms with Crippen LogP contribution < -0.4 is 0 Å². The van der Waals surface area contributed by atoms with Gasteiger partial charge in [-0.05, 0) is 63.2 Å². The molecule has 0 amide bonds. The molecule has 0 aliphatic carbocycles. The lowest BCUT2D eigenvalue weighted by molar-refractivity contribution is -0.161. The third kappa shape index (κ3) is 67.4. The van der Waals surface area contributed by atoms with Crippen LogP contribution in [-0.2, 0) is 65.4 Å². The summed E-state index contributed by atoms with van der Waals surface area (Å²) in [6, 6.07) is 0. The summed E-state index contributed by atoms with van der Waals surface area (Å²) < 4.78 is 68.4. The minimum atomic E-state index is -4.97. The zero-order valence-electron chi connectivity index (χ0n) is 62.2. The van der Waals surface area contributed by atoms with E-state index in [1.807, 2.05) is 0 Å². The van der Waals surface area contributed by atoms with Gasteiger partial charge in [0.25, 0.3) is 0 Å². The van der Waals surface area contributed by atoms with Gasteiger partial charge < -0.3 is 33.8 Å². The molecule has 7 atom stereocenters. The van der Waals surface area contributed by atoms with Crippen molar-refractivity contribution in [3.63, 3.8) is 0 Å². The van der Waals surface area contributed by atoms with E-state index in [4.69, 9.17) is 37.0 Å². The summed E-state index contributed by atoms with van der Waals surface area (Å²) in [4.78, 5) is 72.7. The van der Waals surface area contributed by atoms with Crippen LogP contribution in [0.15, 0.2) is 24.3 Å². The fourth-order valence-corrected chi connectivity index (χ4v) is 12.8. The van der Waals surface area contributed by atoms with E-state index in [9.17, 15) is 43.2 Å². The highest BCUT2D eigenvalue weighted by Gasteiger charge is 2.30. The molecule has 0 bridgehead atoms. The summed E-state index contributed by atoms with van der Waals surface area (Å²) in [5.74, 6) is -0.704. The Hall–Kier alpha value is -2.46. The van der Waals surface area contributed by atoms with Gasteiger partial charge in [0.15, 0.2) is 12.2 Å². The molecular formula is C77H146O17P2. The molecule has 0 saturated heterocycles. The molecule has 96 heavy (non-hydrogen) atoms. The first kappa shape index (κ1) is 93.5. The Balaban J connectivity index is 5.24. The number of hydrogen-bond donors (Lipinski definition) is 3. The maximum Gasteiger partial charge on any atom is 0.472 e. The van der Waals surface area contributed by atoms with Crippen LogP contribution in [0, 0.1) is 11.8 Å². The van der Waals surface area contributed by atoms with E-state index in [0.29, 0.717) is 25.7 Å². The number of esters is 4. The van der Waals surface area contributed by atoms with Gasteiger partial charge in [0.05, 0.1) is 26.4 Å². The van der Waals surface area contributed by atoms with Crippen LogP contribution in [0.1, 0.15) is 375 Å². The highest BCUT2D eigenvalue weighted by atomic mass is 31.2. The van der Waals surface area contributed by atoms with Crippen LogP contribution in [0.4, 0.5) is 0 Å². The second-order valence-corrected chi connectivity index (χ2v) is 30.5. The minimum Gasteiger partial charge on any atom is -0.462 e. The second kappa shape index (κ2) is 68.3. The van der Waals surface area contributed by atoms with Crippen molar-refractivity contribution in [2.75, 3.05) is 39.6 Å². The van der Waals surface area contributed by atoms with Gasteiger partial charge in [-0.3, -0.25) is 37.3 Å². The topological polar surface area (TPSA) is 237 Å². The maximum absolute atomic E-state index is 13.1. The normalized spacial score (nSPS) is 14.7. The summed E-state index contributed by atoms with van der Waals surface area (Å²) in [6.45, 7) is 9.43. The quantitative estimate of drug-likeness (QED) is 0.0169. The Morgan fingerprint density at radius 2 is 0.583 bits per heavy atom. The molecule has 0 aliphatic rings. The molecule has 0 aliphatic heterocycles. The summed E-state index contributed by atoms with van der Waals surface area (Å²) in [5, 5.41) is 10.6. The average Bonchev–Trinajstić information content (AvgIpc) is 1.31. The number of carbonyl (C=O) groups is 4. The average molecular weight is 1410 g/mol. The van der Waals surface area contributed by atoms with Gasteiger partial charge in [-0.1, -0.05) is 323 Å². The molecule has 0 saturated carbocycles. The lowest BCUT2D eigenvalue weighted by atomic mass is 10.00. The van der Waals surface area contributed by atoms with Crippen molar-refractivity contribution in [1.82, 2.24) is 0 Å². The van der Waals surface area contributed by atoms with Gasteiger partial charge >= 0.3 is 39.5 Å². The third-order valence-corrected chi connectivity index (χ3v) is 20.0. The molecule has 4 unspecified atom stereocenters. The number of hydrogen-bond acceptors (Lipinski definition) is 15. The zero-order chi connectivity index (χ0) is 70.7. The fourth-order valence-electron chi connectivity index (χ4n) is 11.2.